The van der Waals surface area contributed by atoms with Gasteiger partial charge in [0.15, 0.2) is 0 Å². The molecule has 0 aliphatic carbocycles. The van der Waals surface area contributed by atoms with E-state index >= 15 is 0 Å². The highest BCUT2D eigenvalue weighted by molar-refractivity contribution is 6.05. The van der Waals surface area contributed by atoms with E-state index in [1.807, 2.05) is 61.5 Å². The Morgan fingerprint density at radius 3 is 2.24 bits per heavy atom. The maximum absolute atomic E-state index is 12.8. The van der Waals surface area contributed by atoms with Crippen LogP contribution in [0.2, 0.25) is 0 Å². The van der Waals surface area contributed by atoms with Crippen molar-refractivity contribution in [2.24, 2.45) is 0 Å². The Balaban J connectivity index is 1.14. The summed E-state index contributed by atoms with van der Waals surface area (Å²) in [4.78, 5) is 35.7. The first kappa shape index (κ1) is 23.5. The van der Waals surface area contributed by atoms with Gasteiger partial charge in [0.1, 0.15) is 5.82 Å². The quantitative estimate of drug-likeness (QED) is 0.248. The largest absolute Gasteiger partial charge is 0.372 e. The Kier molecular flexibility index (Phi) is 6.09. The number of nitrogens with zero attached hydrogens (tertiary/aromatic N) is 3. The third kappa shape index (κ3) is 4.73. The summed E-state index contributed by atoms with van der Waals surface area (Å²) in [7, 11) is 0. The molecule has 190 valence electrons. The fraction of sp³-hybridized carbons (Fsp3) is 0.172. The molecule has 5 aromatic rings. The molecule has 0 unspecified atom stereocenters. The number of amides is 2. The molecule has 4 N–H and O–H groups in total. The summed E-state index contributed by atoms with van der Waals surface area (Å²) in [6, 6.07) is 20.6. The van der Waals surface area contributed by atoms with Gasteiger partial charge in [-0.2, -0.15) is 5.10 Å². The van der Waals surface area contributed by atoms with Crippen molar-refractivity contribution < 1.29 is 9.59 Å². The fourth-order valence-corrected chi connectivity index (χ4v) is 4.68. The molecule has 9 nitrogen and oxygen atoms in total. The predicted molar refractivity (Wildman–Crippen MR) is 149 cm³/mol. The highest BCUT2D eigenvalue weighted by Gasteiger charge is 2.14. The molecule has 3 aromatic carbocycles. The minimum atomic E-state index is -0.211. The van der Waals surface area contributed by atoms with Crippen LogP contribution in [0.15, 0.2) is 72.9 Å². The van der Waals surface area contributed by atoms with Crippen LogP contribution in [0.4, 0.5) is 17.1 Å². The molecule has 1 saturated heterocycles. The van der Waals surface area contributed by atoms with Crippen LogP contribution in [0.1, 0.15) is 39.3 Å². The lowest BCUT2D eigenvalue weighted by Gasteiger charge is -2.17. The van der Waals surface area contributed by atoms with Crippen LogP contribution in [-0.4, -0.2) is 45.1 Å². The molecular formula is C29H27N7O2. The highest BCUT2D eigenvalue weighted by atomic mass is 16.2. The lowest BCUT2D eigenvalue weighted by Crippen LogP contribution is -2.18. The summed E-state index contributed by atoms with van der Waals surface area (Å²) in [5.41, 5.74) is 6.87. The zero-order valence-corrected chi connectivity index (χ0v) is 20.9. The number of fused-ring (bicyclic) bond motifs is 1. The van der Waals surface area contributed by atoms with Crippen LogP contribution >= 0.6 is 0 Å². The van der Waals surface area contributed by atoms with Crippen molar-refractivity contribution in [1.29, 1.82) is 0 Å². The van der Waals surface area contributed by atoms with Crippen molar-refractivity contribution in [2.75, 3.05) is 28.6 Å². The molecule has 0 spiro atoms. The zero-order valence-electron chi connectivity index (χ0n) is 20.9. The van der Waals surface area contributed by atoms with Crippen LogP contribution in [-0.2, 0) is 0 Å². The molecule has 0 atom stereocenters. The average Bonchev–Trinajstić information content (AvgIpc) is 3.70. The van der Waals surface area contributed by atoms with Crippen molar-refractivity contribution in [2.45, 2.75) is 19.8 Å². The van der Waals surface area contributed by atoms with Gasteiger partial charge in [-0.3, -0.25) is 14.7 Å². The molecule has 1 fully saturated rings. The van der Waals surface area contributed by atoms with Crippen molar-refractivity contribution in [1.82, 2.24) is 20.2 Å². The van der Waals surface area contributed by atoms with Gasteiger partial charge in [0, 0.05) is 41.2 Å². The highest BCUT2D eigenvalue weighted by Crippen LogP contribution is 2.25. The van der Waals surface area contributed by atoms with Gasteiger partial charge in [0.25, 0.3) is 11.8 Å². The number of carbonyl (C=O) groups excluding carboxylic acids is 2. The van der Waals surface area contributed by atoms with Crippen LogP contribution in [0, 0.1) is 6.92 Å². The molecule has 0 radical (unpaired) electrons. The molecule has 2 amide bonds. The van der Waals surface area contributed by atoms with Gasteiger partial charge in [0.05, 0.1) is 28.6 Å². The number of aromatic nitrogens is 4. The molecule has 2 aromatic heterocycles. The SMILES string of the molecule is Cc1[nH]ncc1NC(=O)c1ccc(-c2nc3ccc(NC(=O)c4ccc(N5CCCC5)cc4)cc3[nH]2)cc1. The molecule has 0 saturated carbocycles. The molecule has 6 rings (SSSR count). The molecular weight excluding hydrogens is 478 g/mol. The minimum Gasteiger partial charge on any atom is -0.372 e. The smallest absolute Gasteiger partial charge is 0.255 e. The molecule has 1 aliphatic heterocycles. The first-order valence-electron chi connectivity index (χ1n) is 12.6. The Morgan fingerprint density at radius 1 is 0.868 bits per heavy atom. The van der Waals surface area contributed by atoms with E-state index in [9.17, 15) is 9.59 Å². The van der Waals surface area contributed by atoms with E-state index < -0.39 is 0 Å². The third-order valence-corrected chi connectivity index (χ3v) is 6.84. The van der Waals surface area contributed by atoms with Gasteiger partial charge in [-0.1, -0.05) is 12.1 Å². The van der Waals surface area contributed by atoms with Gasteiger partial charge >= 0.3 is 0 Å². The van der Waals surface area contributed by atoms with E-state index in [0.717, 1.165) is 41.1 Å². The van der Waals surface area contributed by atoms with Crippen LogP contribution < -0.4 is 15.5 Å². The number of imidazole rings is 1. The summed E-state index contributed by atoms with van der Waals surface area (Å²) < 4.78 is 0. The summed E-state index contributed by atoms with van der Waals surface area (Å²) in [5, 5.41) is 12.5. The monoisotopic (exact) mass is 505 g/mol. The van der Waals surface area contributed by atoms with E-state index in [4.69, 9.17) is 0 Å². The molecule has 9 heteroatoms. The van der Waals surface area contributed by atoms with Crippen molar-refractivity contribution in [3.8, 4) is 11.4 Å². The number of hydrogen-bond acceptors (Lipinski definition) is 5. The molecule has 0 bridgehead atoms. The van der Waals surface area contributed by atoms with Crippen LogP contribution in [0.5, 0.6) is 0 Å². The zero-order chi connectivity index (χ0) is 26.1. The van der Waals surface area contributed by atoms with Gasteiger partial charge in [-0.25, -0.2) is 4.98 Å². The first-order valence-corrected chi connectivity index (χ1v) is 12.6. The van der Waals surface area contributed by atoms with Gasteiger partial charge in [-0.05, 0) is 74.4 Å². The van der Waals surface area contributed by atoms with E-state index in [1.165, 1.54) is 12.8 Å². The maximum atomic E-state index is 12.8. The van der Waals surface area contributed by atoms with E-state index in [1.54, 1.807) is 18.3 Å². The lowest BCUT2D eigenvalue weighted by atomic mass is 10.1. The Labute approximate surface area is 219 Å². The number of nitrogens with one attached hydrogen (secondary N) is 4. The Bertz CT molecular complexity index is 1610. The Morgan fingerprint density at radius 2 is 1.55 bits per heavy atom. The standard InChI is InChI=1S/C29H27N7O2/c1-18-26(17-30-35-18)34-29(38)20-6-4-19(5-7-20)27-32-24-13-10-22(16-25(24)33-27)31-28(37)21-8-11-23(12-9-21)36-14-2-3-15-36/h4-13,16-17H,2-3,14-15H2,1H3,(H,30,35)(H,31,37)(H,32,33)(H,34,38). The summed E-state index contributed by atoms with van der Waals surface area (Å²) >= 11 is 0. The summed E-state index contributed by atoms with van der Waals surface area (Å²) in [6.07, 6.45) is 4.02. The molecule has 38 heavy (non-hydrogen) atoms. The lowest BCUT2D eigenvalue weighted by molar-refractivity contribution is 0.101. The number of benzene rings is 3. The van der Waals surface area contributed by atoms with Crippen LogP contribution in [0.25, 0.3) is 22.4 Å². The predicted octanol–water partition coefficient (Wildman–Crippen LogP) is 5.37. The normalized spacial score (nSPS) is 13.1. The second kappa shape index (κ2) is 9.85. The van der Waals surface area contributed by atoms with Crippen LogP contribution in [0.3, 0.4) is 0 Å². The van der Waals surface area contributed by atoms with E-state index in [0.29, 0.717) is 28.3 Å². The minimum absolute atomic E-state index is 0.156. The molecule has 3 heterocycles. The number of carbonyl (C=O) groups is 2. The van der Waals surface area contributed by atoms with Gasteiger partial charge in [-0.15, -0.1) is 0 Å². The second-order valence-electron chi connectivity index (χ2n) is 9.45. The number of anilines is 3. The number of aromatic amines is 2. The van der Waals surface area contributed by atoms with Crippen molar-refractivity contribution >= 4 is 39.9 Å². The fourth-order valence-electron chi connectivity index (χ4n) is 4.68. The van der Waals surface area contributed by atoms with Gasteiger partial charge in [0.2, 0.25) is 0 Å². The second-order valence-corrected chi connectivity index (χ2v) is 9.45. The first-order chi connectivity index (χ1) is 18.5. The van der Waals surface area contributed by atoms with Crippen molar-refractivity contribution in [3.05, 3.63) is 89.7 Å². The third-order valence-electron chi connectivity index (χ3n) is 6.84. The molecule has 1 aliphatic rings. The Hall–Kier alpha value is -4.92. The van der Waals surface area contributed by atoms with E-state index in [-0.39, 0.29) is 11.8 Å². The number of H-pyrrole nitrogens is 2. The maximum Gasteiger partial charge on any atom is 0.255 e. The summed E-state index contributed by atoms with van der Waals surface area (Å²) in [5.74, 6) is 0.312. The number of rotatable bonds is 6. The van der Waals surface area contributed by atoms with Gasteiger partial charge < -0.3 is 20.5 Å². The summed E-state index contributed by atoms with van der Waals surface area (Å²) in [6.45, 7) is 3.99. The van der Waals surface area contributed by atoms with Crippen molar-refractivity contribution in [3.63, 3.8) is 0 Å². The number of hydrogen-bond donors (Lipinski definition) is 4. The average molecular weight is 506 g/mol. The van der Waals surface area contributed by atoms with E-state index in [2.05, 4.69) is 35.7 Å². The number of aryl methyl sites for hydroxylation is 1. The topological polar surface area (TPSA) is 119 Å².